The van der Waals surface area contributed by atoms with E-state index in [1.807, 2.05) is 42.5 Å². The van der Waals surface area contributed by atoms with Crippen molar-refractivity contribution in [2.75, 3.05) is 26.2 Å². The second-order valence-corrected chi connectivity index (χ2v) is 5.76. The number of rotatable bonds is 4. The molecule has 23 heavy (non-hydrogen) atoms. The van der Waals surface area contributed by atoms with Crippen LogP contribution in [0.25, 0.3) is 0 Å². The standard InChI is InChI=1S/C18H20N2O3/c1-12(13-7-8-16-17(10-13)23-11-22-16)19-15-6-4-5-14(9-15)18(21)20(2)3/h4-10,12,19H,11H2,1-3H3. The molecule has 1 amide bonds. The molecule has 0 bridgehead atoms. The summed E-state index contributed by atoms with van der Waals surface area (Å²) in [6, 6.07) is 13.5. The number of hydrogen-bond donors (Lipinski definition) is 1. The fourth-order valence-corrected chi connectivity index (χ4v) is 2.52. The van der Waals surface area contributed by atoms with Crippen LogP contribution in [0.15, 0.2) is 42.5 Å². The predicted molar refractivity (Wildman–Crippen MR) is 89.1 cm³/mol. The fourth-order valence-electron chi connectivity index (χ4n) is 2.52. The molecule has 3 rings (SSSR count). The molecule has 2 aromatic rings. The van der Waals surface area contributed by atoms with Crippen molar-refractivity contribution in [3.8, 4) is 11.5 Å². The molecular weight excluding hydrogens is 292 g/mol. The molecule has 1 heterocycles. The number of benzene rings is 2. The summed E-state index contributed by atoms with van der Waals surface area (Å²) in [4.78, 5) is 13.6. The van der Waals surface area contributed by atoms with Crippen molar-refractivity contribution in [1.82, 2.24) is 4.90 Å². The third kappa shape index (κ3) is 3.23. The monoisotopic (exact) mass is 312 g/mol. The van der Waals surface area contributed by atoms with Gasteiger partial charge in [-0.1, -0.05) is 12.1 Å². The van der Waals surface area contributed by atoms with E-state index in [1.165, 1.54) is 0 Å². The number of hydrogen-bond acceptors (Lipinski definition) is 4. The van der Waals surface area contributed by atoms with E-state index in [1.54, 1.807) is 19.0 Å². The van der Waals surface area contributed by atoms with Crippen molar-refractivity contribution >= 4 is 11.6 Å². The lowest BCUT2D eigenvalue weighted by Crippen LogP contribution is -2.21. The lowest BCUT2D eigenvalue weighted by atomic mass is 10.1. The highest BCUT2D eigenvalue weighted by Crippen LogP contribution is 2.34. The molecule has 0 aromatic heterocycles. The second-order valence-electron chi connectivity index (χ2n) is 5.76. The minimum absolute atomic E-state index is 0.00983. The van der Waals surface area contributed by atoms with Crippen LogP contribution in [0.5, 0.6) is 11.5 Å². The SMILES string of the molecule is CC(Nc1cccc(C(=O)N(C)C)c1)c1ccc2c(c1)OCO2. The maximum absolute atomic E-state index is 12.0. The van der Waals surface area contributed by atoms with Gasteiger partial charge in [-0.15, -0.1) is 0 Å². The van der Waals surface area contributed by atoms with Crippen LogP contribution in [-0.2, 0) is 0 Å². The molecule has 0 saturated heterocycles. The van der Waals surface area contributed by atoms with Gasteiger partial charge in [0.15, 0.2) is 11.5 Å². The number of amides is 1. The van der Waals surface area contributed by atoms with Crippen LogP contribution < -0.4 is 14.8 Å². The van der Waals surface area contributed by atoms with Crippen LogP contribution in [0.4, 0.5) is 5.69 Å². The molecule has 1 N–H and O–H groups in total. The number of carbonyl (C=O) groups is 1. The Morgan fingerprint density at radius 2 is 1.91 bits per heavy atom. The lowest BCUT2D eigenvalue weighted by Gasteiger charge is -2.17. The van der Waals surface area contributed by atoms with Gasteiger partial charge in [-0.3, -0.25) is 4.79 Å². The summed E-state index contributed by atoms with van der Waals surface area (Å²) in [6.07, 6.45) is 0. The smallest absolute Gasteiger partial charge is 0.253 e. The molecule has 5 nitrogen and oxygen atoms in total. The van der Waals surface area contributed by atoms with Crippen LogP contribution in [0.3, 0.4) is 0 Å². The van der Waals surface area contributed by atoms with E-state index in [2.05, 4.69) is 12.2 Å². The number of carbonyl (C=O) groups excluding carboxylic acids is 1. The van der Waals surface area contributed by atoms with Crippen molar-refractivity contribution in [3.63, 3.8) is 0 Å². The van der Waals surface area contributed by atoms with Gasteiger partial charge < -0.3 is 19.7 Å². The Morgan fingerprint density at radius 1 is 1.13 bits per heavy atom. The van der Waals surface area contributed by atoms with Gasteiger partial charge in [0.2, 0.25) is 6.79 Å². The lowest BCUT2D eigenvalue weighted by molar-refractivity contribution is 0.0827. The maximum atomic E-state index is 12.0. The molecule has 1 aliphatic rings. The average molecular weight is 312 g/mol. The molecule has 5 heteroatoms. The number of fused-ring (bicyclic) bond motifs is 1. The van der Waals surface area contributed by atoms with Crippen molar-refractivity contribution in [1.29, 1.82) is 0 Å². The quantitative estimate of drug-likeness (QED) is 0.941. The van der Waals surface area contributed by atoms with Crippen LogP contribution >= 0.6 is 0 Å². The molecule has 0 aliphatic carbocycles. The summed E-state index contributed by atoms with van der Waals surface area (Å²) in [5.74, 6) is 1.54. The third-order valence-corrected chi connectivity index (χ3v) is 3.80. The van der Waals surface area contributed by atoms with Gasteiger partial charge in [0.05, 0.1) is 0 Å². The minimum atomic E-state index is -0.00983. The first-order valence-corrected chi connectivity index (χ1v) is 7.52. The summed E-state index contributed by atoms with van der Waals surface area (Å²) in [5, 5.41) is 3.42. The Morgan fingerprint density at radius 3 is 2.70 bits per heavy atom. The Labute approximate surface area is 135 Å². The number of anilines is 1. The topological polar surface area (TPSA) is 50.8 Å². The minimum Gasteiger partial charge on any atom is -0.454 e. The van der Waals surface area contributed by atoms with Gasteiger partial charge in [-0.05, 0) is 42.8 Å². The normalized spacial score (nSPS) is 13.5. The van der Waals surface area contributed by atoms with Gasteiger partial charge in [0.1, 0.15) is 0 Å². The van der Waals surface area contributed by atoms with Gasteiger partial charge >= 0.3 is 0 Å². The molecule has 0 saturated carbocycles. The Bertz CT molecular complexity index is 728. The first-order valence-electron chi connectivity index (χ1n) is 7.52. The van der Waals surface area contributed by atoms with Gasteiger partial charge in [0, 0.05) is 31.4 Å². The zero-order chi connectivity index (χ0) is 16.4. The van der Waals surface area contributed by atoms with Crippen molar-refractivity contribution in [3.05, 3.63) is 53.6 Å². The number of nitrogens with one attached hydrogen (secondary N) is 1. The maximum Gasteiger partial charge on any atom is 0.253 e. The summed E-state index contributed by atoms with van der Waals surface area (Å²) in [6.45, 7) is 2.34. The van der Waals surface area contributed by atoms with Crippen LogP contribution in [-0.4, -0.2) is 31.7 Å². The largest absolute Gasteiger partial charge is 0.454 e. The molecule has 1 unspecified atom stereocenters. The van der Waals surface area contributed by atoms with Crippen LogP contribution in [0.2, 0.25) is 0 Å². The van der Waals surface area contributed by atoms with Crippen molar-refractivity contribution in [2.24, 2.45) is 0 Å². The zero-order valence-corrected chi connectivity index (χ0v) is 13.5. The summed E-state index contributed by atoms with van der Waals surface area (Å²) in [5.41, 5.74) is 2.67. The average Bonchev–Trinajstić information content (AvgIpc) is 3.01. The van der Waals surface area contributed by atoms with E-state index >= 15 is 0 Å². The molecule has 120 valence electrons. The number of nitrogens with zero attached hydrogens (tertiary/aromatic N) is 1. The molecular formula is C18H20N2O3. The van der Waals surface area contributed by atoms with Crippen LogP contribution in [0, 0.1) is 0 Å². The van der Waals surface area contributed by atoms with Gasteiger partial charge in [-0.25, -0.2) is 0 Å². The highest BCUT2D eigenvalue weighted by molar-refractivity contribution is 5.94. The Kier molecular flexibility index (Phi) is 4.10. The molecule has 0 spiro atoms. The summed E-state index contributed by atoms with van der Waals surface area (Å²) in [7, 11) is 3.50. The van der Waals surface area contributed by atoms with Crippen LogP contribution in [0.1, 0.15) is 28.9 Å². The van der Waals surface area contributed by atoms with E-state index in [9.17, 15) is 4.79 Å². The molecule has 2 aromatic carbocycles. The molecule has 0 fully saturated rings. The first kappa shape index (κ1) is 15.2. The highest BCUT2D eigenvalue weighted by Gasteiger charge is 2.16. The van der Waals surface area contributed by atoms with E-state index in [0.717, 1.165) is 22.7 Å². The molecule has 0 radical (unpaired) electrons. The zero-order valence-electron chi connectivity index (χ0n) is 13.5. The highest BCUT2D eigenvalue weighted by atomic mass is 16.7. The first-order chi connectivity index (χ1) is 11.0. The predicted octanol–water partition coefficient (Wildman–Crippen LogP) is 3.29. The second kappa shape index (κ2) is 6.20. The van der Waals surface area contributed by atoms with Gasteiger partial charge in [-0.2, -0.15) is 0 Å². The molecule has 1 atom stereocenters. The van der Waals surface area contributed by atoms with E-state index in [-0.39, 0.29) is 18.7 Å². The Hall–Kier alpha value is -2.69. The Balaban J connectivity index is 1.76. The summed E-state index contributed by atoms with van der Waals surface area (Å²) < 4.78 is 10.7. The van der Waals surface area contributed by atoms with Gasteiger partial charge in [0.25, 0.3) is 5.91 Å². The number of ether oxygens (including phenoxy) is 2. The van der Waals surface area contributed by atoms with E-state index in [4.69, 9.17) is 9.47 Å². The van der Waals surface area contributed by atoms with Crippen molar-refractivity contribution in [2.45, 2.75) is 13.0 Å². The van der Waals surface area contributed by atoms with E-state index < -0.39 is 0 Å². The fraction of sp³-hybridized carbons (Fsp3) is 0.278. The van der Waals surface area contributed by atoms with Crippen molar-refractivity contribution < 1.29 is 14.3 Å². The molecule has 1 aliphatic heterocycles. The summed E-state index contributed by atoms with van der Waals surface area (Å²) >= 11 is 0. The third-order valence-electron chi connectivity index (χ3n) is 3.80. The van der Waals surface area contributed by atoms with E-state index in [0.29, 0.717) is 5.56 Å².